The minimum atomic E-state index is -0.531. The summed E-state index contributed by atoms with van der Waals surface area (Å²) >= 11 is 5.67. The fourth-order valence-corrected chi connectivity index (χ4v) is 2.16. The molecule has 6 heteroatoms. The number of nitrogens with zero attached hydrogens (tertiary/aromatic N) is 1. The molecule has 0 saturated heterocycles. The Labute approximate surface area is 124 Å². The number of H-pyrrole nitrogens is 1. The lowest BCUT2D eigenvalue weighted by molar-refractivity contribution is 0.0471. The predicted molar refractivity (Wildman–Crippen MR) is 76.6 cm³/mol. The molecule has 0 unspecified atom stereocenters. The van der Waals surface area contributed by atoms with Gasteiger partial charge in [0.15, 0.2) is 0 Å². The second kappa shape index (κ2) is 5.54. The van der Waals surface area contributed by atoms with Crippen molar-refractivity contribution in [3.63, 3.8) is 0 Å². The average molecular weight is 305 g/mol. The Bertz CT molecular complexity index is 816. The van der Waals surface area contributed by atoms with Gasteiger partial charge in [-0.05, 0) is 24.3 Å². The van der Waals surface area contributed by atoms with Crippen molar-refractivity contribution < 1.29 is 13.9 Å². The van der Waals surface area contributed by atoms with E-state index in [9.17, 15) is 9.18 Å². The highest BCUT2D eigenvalue weighted by Crippen LogP contribution is 2.18. The lowest BCUT2D eigenvalue weighted by Crippen LogP contribution is -2.07. The van der Waals surface area contributed by atoms with Crippen LogP contribution in [-0.4, -0.2) is 15.9 Å². The van der Waals surface area contributed by atoms with Crippen molar-refractivity contribution in [2.75, 3.05) is 0 Å². The Morgan fingerprint density at radius 1 is 1.33 bits per heavy atom. The summed E-state index contributed by atoms with van der Waals surface area (Å²) in [6, 6.07) is 7.52. The number of nitrogens with one attached hydrogen (secondary N) is 1. The quantitative estimate of drug-likeness (QED) is 0.750. The van der Waals surface area contributed by atoms with Crippen LogP contribution in [0.1, 0.15) is 15.9 Å². The number of aromatic nitrogens is 2. The molecule has 4 nitrogen and oxygen atoms in total. The molecule has 0 atom stereocenters. The summed E-state index contributed by atoms with van der Waals surface area (Å²) in [5, 5.41) is 0.963. The van der Waals surface area contributed by atoms with Gasteiger partial charge in [0.2, 0.25) is 0 Å². The van der Waals surface area contributed by atoms with Gasteiger partial charge in [0, 0.05) is 28.4 Å². The fraction of sp³-hybridized carbons (Fsp3) is 0.0667. The maximum absolute atomic E-state index is 13.6. The molecule has 0 aliphatic carbocycles. The van der Waals surface area contributed by atoms with Gasteiger partial charge in [0.05, 0.1) is 5.56 Å². The highest BCUT2D eigenvalue weighted by molar-refractivity contribution is 6.30. The van der Waals surface area contributed by atoms with Gasteiger partial charge in [0.25, 0.3) is 0 Å². The number of aromatic amines is 1. The molecule has 2 aromatic heterocycles. The highest BCUT2D eigenvalue weighted by atomic mass is 35.5. The second-order valence-electron chi connectivity index (χ2n) is 4.41. The highest BCUT2D eigenvalue weighted by Gasteiger charge is 2.13. The molecule has 0 aliphatic heterocycles. The molecule has 106 valence electrons. The molecule has 3 rings (SSSR count). The number of esters is 1. The molecular formula is C15H10ClFN2O2. The standard InChI is InChI=1S/C15H10ClFN2O2/c16-10-2-1-9(13(17)7-10)8-21-15(20)12-4-6-19-14-11(12)3-5-18-14/h1-7H,8H2,(H,18,19). The van der Waals surface area contributed by atoms with Crippen molar-refractivity contribution in [3.05, 3.63) is 64.7 Å². The Morgan fingerprint density at radius 2 is 2.19 bits per heavy atom. The maximum atomic E-state index is 13.6. The number of rotatable bonds is 3. The Morgan fingerprint density at radius 3 is 3.00 bits per heavy atom. The molecule has 1 aromatic carbocycles. The predicted octanol–water partition coefficient (Wildman–Crippen LogP) is 3.71. The maximum Gasteiger partial charge on any atom is 0.339 e. The van der Waals surface area contributed by atoms with E-state index in [0.717, 1.165) is 0 Å². The van der Waals surface area contributed by atoms with Crippen LogP contribution >= 0.6 is 11.6 Å². The Balaban J connectivity index is 1.79. The third-order valence-corrected chi connectivity index (χ3v) is 3.29. The molecule has 0 aliphatic rings. The van der Waals surface area contributed by atoms with E-state index in [1.54, 1.807) is 24.4 Å². The van der Waals surface area contributed by atoms with E-state index < -0.39 is 11.8 Å². The third-order valence-electron chi connectivity index (χ3n) is 3.05. The minimum Gasteiger partial charge on any atom is -0.457 e. The van der Waals surface area contributed by atoms with Crippen LogP contribution in [0, 0.1) is 5.82 Å². The van der Waals surface area contributed by atoms with Crippen molar-refractivity contribution in [2.24, 2.45) is 0 Å². The van der Waals surface area contributed by atoms with Crippen molar-refractivity contribution >= 4 is 28.6 Å². The molecule has 0 saturated carbocycles. The molecule has 21 heavy (non-hydrogen) atoms. The summed E-state index contributed by atoms with van der Waals surface area (Å²) < 4.78 is 18.8. The SMILES string of the molecule is O=C(OCc1ccc(Cl)cc1F)c1ccnc2[nH]ccc12. The number of hydrogen-bond acceptors (Lipinski definition) is 3. The topological polar surface area (TPSA) is 55.0 Å². The first-order valence-corrected chi connectivity index (χ1v) is 6.56. The fourth-order valence-electron chi connectivity index (χ4n) is 2.00. The van der Waals surface area contributed by atoms with Gasteiger partial charge in [-0.25, -0.2) is 14.2 Å². The molecule has 0 bridgehead atoms. The number of hydrogen-bond donors (Lipinski definition) is 1. The number of carbonyl (C=O) groups excluding carboxylic acids is 1. The Kier molecular flexibility index (Phi) is 3.58. The lowest BCUT2D eigenvalue weighted by Gasteiger charge is -2.07. The molecule has 2 heterocycles. The van der Waals surface area contributed by atoms with Crippen LogP contribution in [0.3, 0.4) is 0 Å². The number of fused-ring (bicyclic) bond motifs is 1. The van der Waals surface area contributed by atoms with Gasteiger partial charge in [-0.2, -0.15) is 0 Å². The van der Waals surface area contributed by atoms with Crippen LogP contribution in [0.4, 0.5) is 4.39 Å². The lowest BCUT2D eigenvalue weighted by atomic mass is 10.2. The van der Waals surface area contributed by atoms with Crippen LogP contribution in [0.5, 0.6) is 0 Å². The summed E-state index contributed by atoms with van der Waals surface area (Å²) in [7, 11) is 0. The van der Waals surface area contributed by atoms with E-state index in [4.69, 9.17) is 16.3 Å². The van der Waals surface area contributed by atoms with Crippen molar-refractivity contribution in [2.45, 2.75) is 6.61 Å². The summed E-state index contributed by atoms with van der Waals surface area (Å²) in [6.45, 7) is -0.157. The summed E-state index contributed by atoms with van der Waals surface area (Å²) in [4.78, 5) is 19.1. The summed E-state index contributed by atoms with van der Waals surface area (Å²) in [5.41, 5.74) is 1.25. The monoisotopic (exact) mass is 304 g/mol. The number of halogens is 2. The van der Waals surface area contributed by atoms with Crippen LogP contribution in [0.2, 0.25) is 5.02 Å². The number of carbonyl (C=O) groups is 1. The van der Waals surface area contributed by atoms with Crippen LogP contribution < -0.4 is 0 Å². The summed E-state index contributed by atoms with van der Waals surface area (Å²) in [6.07, 6.45) is 3.20. The molecule has 0 fully saturated rings. The zero-order chi connectivity index (χ0) is 14.8. The van der Waals surface area contributed by atoms with E-state index in [0.29, 0.717) is 21.6 Å². The molecule has 0 radical (unpaired) electrons. The van der Waals surface area contributed by atoms with E-state index in [-0.39, 0.29) is 12.2 Å². The number of benzene rings is 1. The van der Waals surface area contributed by atoms with E-state index in [2.05, 4.69) is 9.97 Å². The van der Waals surface area contributed by atoms with E-state index in [1.807, 2.05) is 0 Å². The molecular weight excluding hydrogens is 295 g/mol. The second-order valence-corrected chi connectivity index (χ2v) is 4.85. The Hall–Kier alpha value is -2.40. The first-order chi connectivity index (χ1) is 10.1. The van der Waals surface area contributed by atoms with E-state index in [1.165, 1.54) is 18.3 Å². The largest absolute Gasteiger partial charge is 0.457 e. The summed E-state index contributed by atoms with van der Waals surface area (Å²) in [5.74, 6) is -1.03. The van der Waals surface area contributed by atoms with Gasteiger partial charge in [-0.1, -0.05) is 17.7 Å². The number of ether oxygens (including phenoxy) is 1. The van der Waals surface area contributed by atoms with Crippen LogP contribution in [0.25, 0.3) is 11.0 Å². The first-order valence-electron chi connectivity index (χ1n) is 6.18. The van der Waals surface area contributed by atoms with Crippen molar-refractivity contribution in [1.82, 2.24) is 9.97 Å². The van der Waals surface area contributed by atoms with Gasteiger partial charge in [-0.15, -0.1) is 0 Å². The normalized spacial score (nSPS) is 10.8. The van der Waals surface area contributed by atoms with Gasteiger partial charge in [-0.3, -0.25) is 0 Å². The smallest absolute Gasteiger partial charge is 0.339 e. The first kappa shape index (κ1) is 13.6. The zero-order valence-electron chi connectivity index (χ0n) is 10.8. The van der Waals surface area contributed by atoms with Crippen LogP contribution in [-0.2, 0) is 11.3 Å². The van der Waals surface area contributed by atoms with Gasteiger partial charge in [0.1, 0.15) is 18.1 Å². The average Bonchev–Trinajstić information content (AvgIpc) is 2.94. The van der Waals surface area contributed by atoms with E-state index >= 15 is 0 Å². The third kappa shape index (κ3) is 2.73. The molecule has 3 aromatic rings. The van der Waals surface area contributed by atoms with Gasteiger partial charge < -0.3 is 9.72 Å². The van der Waals surface area contributed by atoms with Gasteiger partial charge >= 0.3 is 5.97 Å². The van der Waals surface area contributed by atoms with Crippen molar-refractivity contribution in [3.8, 4) is 0 Å². The molecule has 0 spiro atoms. The zero-order valence-corrected chi connectivity index (χ0v) is 11.5. The van der Waals surface area contributed by atoms with Crippen LogP contribution in [0.15, 0.2) is 42.7 Å². The minimum absolute atomic E-state index is 0.157. The molecule has 1 N–H and O–H groups in total. The molecule has 0 amide bonds. The van der Waals surface area contributed by atoms with Crippen molar-refractivity contribution in [1.29, 1.82) is 0 Å². The number of pyridine rings is 1.